The zero-order valence-corrected chi connectivity index (χ0v) is 9.09. The molecule has 0 amide bonds. The molecular formula is C10H24N2O. The highest BCUT2D eigenvalue weighted by Crippen LogP contribution is 1.95. The maximum atomic E-state index is 5.49. The topological polar surface area (TPSA) is 38.5 Å². The first-order valence-corrected chi connectivity index (χ1v) is 5.35. The molecule has 0 aromatic carbocycles. The summed E-state index contributed by atoms with van der Waals surface area (Å²) in [5.41, 5.74) is 5.49. The summed E-state index contributed by atoms with van der Waals surface area (Å²) in [7, 11) is 0. The van der Waals surface area contributed by atoms with Gasteiger partial charge in [-0.25, -0.2) is 0 Å². The maximum Gasteiger partial charge on any atom is 0.0466 e. The molecule has 3 nitrogen and oxygen atoms in total. The number of nitrogens with zero attached hydrogens (tertiary/aromatic N) is 1. The van der Waals surface area contributed by atoms with Crippen LogP contribution in [0.2, 0.25) is 0 Å². The van der Waals surface area contributed by atoms with Crippen LogP contribution in [0.1, 0.15) is 26.7 Å². The van der Waals surface area contributed by atoms with Crippen molar-refractivity contribution in [2.45, 2.75) is 26.7 Å². The molecule has 0 aliphatic carbocycles. The molecule has 2 N–H and O–H groups in total. The minimum atomic E-state index is 0.763. The average molecular weight is 188 g/mol. The van der Waals surface area contributed by atoms with Gasteiger partial charge in [-0.05, 0) is 32.9 Å². The molecule has 80 valence electrons. The van der Waals surface area contributed by atoms with E-state index in [0.717, 1.165) is 45.8 Å². The van der Waals surface area contributed by atoms with Gasteiger partial charge in [0.05, 0.1) is 0 Å². The molecule has 0 bridgehead atoms. The monoisotopic (exact) mass is 188 g/mol. The quantitative estimate of drug-likeness (QED) is 0.550. The van der Waals surface area contributed by atoms with Gasteiger partial charge >= 0.3 is 0 Å². The van der Waals surface area contributed by atoms with Crippen LogP contribution in [0.4, 0.5) is 0 Å². The summed E-state index contributed by atoms with van der Waals surface area (Å²) in [5, 5.41) is 0. The van der Waals surface area contributed by atoms with E-state index in [2.05, 4.69) is 11.8 Å². The smallest absolute Gasteiger partial charge is 0.0466 e. The fourth-order valence-electron chi connectivity index (χ4n) is 1.29. The van der Waals surface area contributed by atoms with Crippen molar-refractivity contribution in [3.05, 3.63) is 0 Å². The van der Waals surface area contributed by atoms with Gasteiger partial charge in [0.1, 0.15) is 0 Å². The molecular weight excluding hydrogens is 164 g/mol. The third-order valence-electron chi connectivity index (χ3n) is 2.11. The molecule has 0 fully saturated rings. The lowest BCUT2D eigenvalue weighted by Gasteiger charge is -2.18. The molecule has 0 heterocycles. The molecule has 0 spiro atoms. The van der Waals surface area contributed by atoms with Crippen molar-refractivity contribution < 1.29 is 4.74 Å². The Bertz CT molecular complexity index is 98.9. The van der Waals surface area contributed by atoms with Crippen LogP contribution >= 0.6 is 0 Å². The summed E-state index contributed by atoms with van der Waals surface area (Å²) >= 11 is 0. The summed E-state index contributed by atoms with van der Waals surface area (Å²) in [6, 6.07) is 0. The van der Waals surface area contributed by atoms with E-state index < -0.39 is 0 Å². The van der Waals surface area contributed by atoms with Crippen LogP contribution < -0.4 is 5.73 Å². The third-order valence-corrected chi connectivity index (χ3v) is 2.11. The summed E-state index contributed by atoms with van der Waals surface area (Å²) in [5.74, 6) is 0. The summed E-state index contributed by atoms with van der Waals surface area (Å²) < 4.78 is 5.27. The average Bonchev–Trinajstić information content (AvgIpc) is 2.16. The standard InChI is InChI=1S/C10H24N2O/c1-3-12(9-7-11)8-5-6-10-13-4-2/h3-11H2,1-2H3. The van der Waals surface area contributed by atoms with Crippen molar-refractivity contribution in [2.24, 2.45) is 5.73 Å². The Morgan fingerprint density at radius 2 is 1.92 bits per heavy atom. The van der Waals surface area contributed by atoms with Crippen molar-refractivity contribution in [2.75, 3.05) is 39.4 Å². The number of hydrogen-bond acceptors (Lipinski definition) is 3. The van der Waals surface area contributed by atoms with Crippen molar-refractivity contribution >= 4 is 0 Å². The predicted molar refractivity (Wildman–Crippen MR) is 56.9 cm³/mol. The van der Waals surface area contributed by atoms with Crippen LogP contribution in [0, 0.1) is 0 Å². The minimum absolute atomic E-state index is 0.763. The lowest BCUT2D eigenvalue weighted by atomic mass is 10.3. The van der Waals surface area contributed by atoms with Crippen LogP contribution in [0.5, 0.6) is 0 Å². The Balaban J connectivity index is 3.17. The van der Waals surface area contributed by atoms with E-state index in [1.165, 1.54) is 6.42 Å². The fourth-order valence-corrected chi connectivity index (χ4v) is 1.29. The minimum Gasteiger partial charge on any atom is -0.382 e. The molecule has 0 atom stereocenters. The highest BCUT2D eigenvalue weighted by molar-refractivity contribution is 4.55. The Kier molecular flexibility index (Phi) is 9.87. The Hall–Kier alpha value is -0.120. The van der Waals surface area contributed by atoms with E-state index >= 15 is 0 Å². The second-order valence-electron chi connectivity index (χ2n) is 3.13. The molecule has 0 rings (SSSR count). The maximum absolute atomic E-state index is 5.49. The number of hydrogen-bond donors (Lipinski definition) is 1. The Labute approximate surface area is 82.2 Å². The fraction of sp³-hybridized carbons (Fsp3) is 1.00. The Morgan fingerprint density at radius 1 is 1.15 bits per heavy atom. The van der Waals surface area contributed by atoms with Crippen molar-refractivity contribution in [1.82, 2.24) is 4.90 Å². The zero-order valence-electron chi connectivity index (χ0n) is 9.09. The SMILES string of the molecule is CCOCCCCN(CC)CCN. The zero-order chi connectivity index (χ0) is 9.94. The van der Waals surface area contributed by atoms with Crippen LogP contribution in [0.3, 0.4) is 0 Å². The van der Waals surface area contributed by atoms with Crippen LogP contribution in [-0.2, 0) is 4.74 Å². The molecule has 0 unspecified atom stereocenters. The summed E-state index contributed by atoms with van der Waals surface area (Å²) in [4.78, 5) is 2.38. The molecule has 13 heavy (non-hydrogen) atoms. The predicted octanol–water partition coefficient (Wildman–Crippen LogP) is 1.08. The van der Waals surface area contributed by atoms with Crippen molar-refractivity contribution in [3.8, 4) is 0 Å². The van der Waals surface area contributed by atoms with Gasteiger partial charge in [0.25, 0.3) is 0 Å². The van der Waals surface area contributed by atoms with Gasteiger partial charge in [-0.2, -0.15) is 0 Å². The van der Waals surface area contributed by atoms with Gasteiger partial charge < -0.3 is 15.4 Å². The van der Waals surface area contributed by atoms with E-state index in [4.69, 9.17) is 10.5 Å². The number of nitrogens with two attached hydrogens (primary N) is 1. The lowest BCUT2D eigenvalue weighted by molar-refractivity contribution is 0.139. The molecule has 0 saturated heterocycles. The van der Waals surface area contributed by atoms with Crippen LogP contribution in [-0.4, -0.2) is 44.3 Å². The molecule has 0 aliphatic rings. The molecule has 0 saturated carbocycles. The second-order valence-corrected chi connectivity index (χ2v) is 3.13. The number of rotatable bonds is 9. The van der Waals surface area contributed by atoms with E-state index in [1.807, 2.05) is 6.92 Å². The van der Waals surface area contributed by atoms with Gasteiger partial charge in [-0.1, -0.05) is 6.92 Å². The number of unbranched alkanes of at least 4 members (excludes halogenated alkanes) is 1. The summed E-state index contributed by atoms with van der Waals surface area (Å²) in [6.45, 7) is 9.99. The third kappa shape index (κ3) is 8.22. The van der Waals surface area contributed by atoms with Gasteiger partial charge in [-0.15, -0.1) is 0 Å². The molecule has 0 aromatic rings. The molecule has 0 radical (unpaired) electrons. The first-order chi connectivity index (χ1) is 6.35. The molecule has 3 heteroatoms. The molecule has 0 aromatic heterocycles. The normalized spacial score (nSPS) is 11.1. The van der Waals surface area contributed by atoms with E-state index in [9.17, 15) is 0 Å². The van der Waals surface area contributed by atoms with Gasteiger partial charge in [-0.3, -0.25) is 0 Å². The van der Waals surface area contributed by atoms with Crippen molar-refractivity contribution in [3.63, 3.8) is 0 Å². The first kappa shape index (κ1) is 12.9. The first-order valence-electron chi connectivity index (χ1n) is 5.35. The van der Waals surface area contributed by atoms with Crippen LogP contribution in [0.15, 0.2) is 0 Å². The van der Waals surface area contributed by atoms with E-state index in [1.54, 1.807) is 0 Å². The highest BCUT2D eigenvalue weighted by Gasteiger charge is 1.99. The van der Waals surface area contributed by atoms with Gasteiger partial charge in [0.2, 0.25) is 0 Å². The largest absolute Gasteiger partial charge is 0.382 e. The lowest BCUT2D eigenvalue weighted by Crippen LogP contribution is -2.30. The summed E-state index contributed by atoms with van der Waals surface area (Å²) in [6.07, 6.45) is 2.38. The van der Waals surface area contributed by atoms with Gasteiger partial charge in [0.15, 0.2) is 0 Å². The highest BCUT2D eigenvalue weighted by atomic mass is 16.5. The van der Waals surface area contributed by atoms with E-state index in [-0.39, 0.29) is 0 Å². The Morgan fingerprint density at radius 3 is 2.46 bits per heavy atom. The second kappa shape index (κ2) is 9.96. The van der Waals surface area contributed by atoms with Crippen molar-refractivity contribution in [1.29, 1.82) is 0 Å². The number of likely N-dealkylation sites (N-methyl/N-ethyl adjacent to an activating group) is 1. The number of ether oxygens (including phenoxy) is 1. The van der Waals surface area contributed by atoms with Crippen LogP contribution in [0.25, 0.3) is 0 Å². The van der Waals surface area contributed by atoms with E-state index in [0.29, 0.717) is 0 Å². The van der Waals surface area contributed by atoms with Gasteiger partial charge in [0, 0.05) is 26.3 Å². The molecule has 0 aliphatic heterocycles.